The number of nitrogens with zero attached hydrogens (tertiary/aromatic N) is 2. The van der Waals surface area contributed by atoms with E-state index in [1.54, 1.807) is 44.5 Å². The van der Waals surface area contributed by atoms with Crippen LogP contribution in [0.25, 0.3) is 11.0 Å². The number of H-pyrrole nitrogens is 1. The highest BCUT2D eigenvalue weighted by Gasteiger charge is 2.37. The average Bonchev–Trinajstić information content (AvgIpc) is 4.12. The number of fused-ring (bicyclic) bond motifs is 1. The fourth-order valence-corrected chi connectivity index (χ4v) is 13.2. The SMILES string of the molecule is CCOC(=O)[C@H](Cc1ccccc1)NP(=O)(CCOCC(COCCP(=O)(N[C@@H](Cc1ccccc1)C(=O)OCC)N[C@@H](Cc1ccccc1)C(=O)OCC)Cn1ccc2c(=O)[nH]c(N)nc21)N[C@@H](Cc1ccccc1)C(=O)OCC. The number of ether oxygens (including phenoxy) is 6. The molecule has 2 heterocycles. The molecule has 0 radical (unpaired) electrons. The molecule has 0 aliphatic heterocycles. The molecular formula is C58H76N8O13P2. The smallest absolute Gasteiger partial charge is 0.323 e. The zero-order valence-electron chi connectivity index (χ0n) is 46.4. The number of carbonyl (C=O) groups is 4. The van der Waals surface area contributed by atoms with E-state index in [0.717, 1.165) is 22.3 Å². The molecule has 81 heavy (non-hydrogen) atoms. The van der Waals surface area contributed by atoms with Gasteiger partial charge in [0.15, 0.2) is 0 Å². The summed E-state index contributed by atoms with van der Waals surface area (Å²) in [7, 11) is -7.99. The van der Waals surface area contributed by atoms with Crippen LogP contribution in [0.15, 0.2) is 138 Å². The van der Waals surface area contributed by atoms with Gasteiger partial charge in [0.2, 0.25) is 20.8 Å². The van der Waals surface area contributed by atoms with Gasteiger partial charge in [0.05, 0.1) is 70.6 Å². The first-order valence-electron chi connectivity index (χ1n) is 27.2. The third-order valence-corrected chi connectivity index (χ3v) is 17.3. The topological polar surface area (TPSA) is 283 Å². The normalized spacial score (nSPS) is 13.3. The molecule has 0 aliphatic rings. The fourth-order valence-electron chi connectivity index (χ4n) is 8.99. The molecule has 0 unspecified atom stereocenters. The van der Waals surface area contributed by atoms with Gasteiger partial charge in [0, 0.05) is 18.7 Å². The highest BCUT2D eigenvalue weighted by Crippen LogP contribution is 2.40. The Hall–Kier alpha value is -6.80. The summed E-state index contributed by atoms with van der Waals surface area (Å²) < 4.78 is 67.2. The second-order valence-electron chi connectivity index (χ2n) is 19.1. The second kappa shape index (κ2) is 32.6. The fraction of sp³-hybridized carbons (Fsp3) is 0.414. The van der Waals surface area contributed by atoms with Gasteiger partial charge in [-0.15, -0.1) is 0 Å². The number of aromatic nitrogens is 3. The Morgan fingerprint density at radius 2 is 0.852 bits per heavy atom. The van der Waals surface area contributed by atoms with Crippen LogP contribution in [-0.2, 0) is 89.0 Å². The van der Waals surface area contributed by atoms with Gasteiger partial charge in [-0.2, -0.15) is 4.98 Å². The van der Waals surface area contributed by atoms with E-state index < -0.39 is 74.4 Å². The first kappa shape index (κ1) is 63.4. The van der Waals surface area contributed by atoms with E-state index in [0.29, 0.717) is 5.65 Å². The molecule has 0 saturated heterocycles. The number of nitrogens with one attached hydrogen (secondary N) is 5. The van der Waals surface area contributed by atoms with Crippen molar-refractivity contribution in [3.05, 3.63) is 166 Å². The maximum atomic E-state index is 15.5. The zero-order valence-corrected chi connectivity index (χ0v) is 48.2. The highest BCUT2D eigenvalue weighted by molar-refractivity contribution is 7.60. The lowest BCUT2D eigenvalue weighted by Gasteiger charge is -2.30. The number of esters is 4. The number of anilines is 1. The van der Waals surface area contributed by atoms with Crippen molar-refractivity contribution in [1.82, 2.24) is 34.9 Å². The third kappa shape index (κ3) is 20.6. The average molecular weight is 1160 g/mol. The maximum Gasteiger partial charge on any atom is 0.323 e. The molecular weight excluding hydrogens is 1080 g/mol. The number of carbonyl (C=O) groups excluding carboxylic acids is 4. The number of rotatable bonds is 36. The van der Waals surface area contributed by atoms with Crippen LogP contribution < -0.4 is 31.6 Å². The van der Waals surface area contributed by atoms with Crippen molar-refractivity contribution in [2.75, 3.05) is 70.9 Å². The lowest BCUT2D eigenvalue weighted by molar-refractivity contribution is -0.146. The van der Waals surface area contributed by atoms with Crippen molar-refractivity contribution in [3.8, 4) is 0 Å². The van der Waals surface area contributed by atoms with E-state index in [4.69, 9.17) is 34.2 Å². The summed E-state index contributed by atoms with van der Waals surface area (Å²) in [5.74, 6) is -3.18. The number of benzene rings is 4. The van der Waals surface area contributed by atoms with Crippen LogP contribution in [0.1, 0.15) is 49.9 Å². The van der Waals surface area contributed by atoms with Crippen molar-refractivity contribution in [2.24, 2.45) is 5.92 Å². The Labute approximate surface area is 472 Å². The van der Waals surface area contributed by atoms with Crippen LogP contribution in [0.4, 0.5) is 5.95 Å². The third-order valence-electron chi connectivity index (χ3n) is 12.8. The van der Waals surface area contributed by atoms with Gasteiger partial charge in [-0.3, -0.25) is 38.1 Å². The minimum atomic E-state index is -3.99. The second-order valence-corrected chi connectivity index (χ2v) is 24.0. The summed E-state index contributed by atoms with van der Waals surface area (Å²) in [5.41, 5.74) is 8.95. The monoisotopic (exact) mass is 1150 g/mol. The van der Waals surface area contributed by atoms with Gasteiger partial charge >= 0.3 is 23.9 Å². The summed E-state index contributed by atoms with van der Waals surface area (Å²) in [6.07, 6.45) is 1.71. The molecule has 0 spiro atoms. The van der Waals surface area contributed by atoms with E-state index in [-0.39, 0.29) is 109 Å². The lowest BCUT2D eigenvalue weighted by Crippen LogP contribution is -2.46. The van der Waals surface area contributed by atoms with Crippen molar-refractivity contribution in [2.45, 2.75) is 84.1 Å². The molecule has 0 aliphatic carbocycles. The Morgan fingerprint density at radius 1 is 0.531 bits per heavy atom. The van der Waals surface area contributed by atoms with E-state index in [2.05, 4.69) is 30.3 Å². The Kier molecular flexibility index (Phi) is 25.5. The standard InChI is InChI=1S/C58H76N8O13P2/c1-5-76-54(68)48(35-42-21-13-9-14-22-42)62-80(72,63-49(55(69)77-6-2)36-43-23-15-10-16-24-43)33-31-74-40-46(39-66-30-29-47-52(66)60-58(59)61-53(47)67)41-75-32-34-81(73,64-50(56(70)78-7-3)37-44-25-17-11-18-26-44)65-51(57(71)79-8-4)38-45-27-19-12-20-28-45/h9-30,46,48-51H,5-8,31-41H2,1-4H3,(H2,62,63,72)(H2,64,65,73)(H3,59,60,61,67)/t48-,49-,50-,51-/m0/s1. The van der Waals surface area contributed by atoms with Crippen molar-refractivity contribution < 1.29 is 56.7 Å². The van der Waals surface area contributed by atoms with E-state index in [1.807, 2.05) is 121 Å². The van der Waals surface area contributed by atoms with Crippen LogP contribution in [-0.4, -0.2) is 128 Å². The molecule has 4 atom stereocenters. The van der Waals surface area contributed by atoms with E-state index in [1.165, 1.54) is 0 Å². The lowest BCUT2D eigenvalue weighted by atomic mass is 10.1. The molecule has 0 bridgehead atoms. The Bertz CT molecular complexity index is 2770. The van der Waals surface area contributed by atoms with Crippen LogP contribution in [0.3, 0.4) is 0 Å². The quantitative estimate of drug-likeness (QED) is 0.0107. The largest absolute Gasteiger partial charge is 0.465 e. The first-order valence-corrected chi connectivity index (χ1v) is 31.0. The minimum Gasteiger partial charge on any atom is -0.465 e. The molecule has 0 amide bonds. The maximum absolute atomic E-state index is 15.5. The highest BCUT2D eigenvalue weighted by atomic mass is 31.2. The predicted molar refractivity (Wildman–Crippen MR) is 310 cm³/mol. The van der Waals surface area contributed by atoms with Crippen molar-refractivity contribution in [3.63, 3.8) is 0 Å². The summed E-state index contributed by atoms with van der Waals surface area (Å²) in [6.45, 7) is 6.74. The van der Waals surface area contributed by atoms with Gasteiger partial charge < -0.3 is 38.7 Å². The summed E-state index contributed by atoms with van der Waals surface area (Å²) >= 11 is 0. The molecule has 436 valence electrons. The molecule has 6 aromatic rings. The molecule has 6 rings (SSSR count). The number of nitrogens with two attached hydrogens (primary N) is 1. The number of nitrogen functional groups attached to an aromatic ring is 1. The predicted octanol–water partition coefficient (Wildman–Crippen LogP) is 6.40. The van der Waals surface area contributed by atoms with Crippen LogP contribution in [0.5, 0.6) is 0 Å². The zero-order chi connectivity index (χ0) is 58.0. The summed E-state index contributed by atoms with van der Waals surface area (Å²) in [4.78, 5) is 74.3. The molecule has 0 saturated carbocycles. The molecule has 0 fully saturated rings. The first-order chi connectivity index (χ1) is 39.1. The van der Waals surface area contributed by atoms with Crippen LogP contribution >= 0.6 is 14.9 Å². The van der Waals surface area contributed by atoms with Gasteiger partial charge in [-0.25, -0.2) is 20.3 Å². The van der Waals surface area contributed by atoms with Gasteiger partial charge in [0.1, 0.15) is 29.8 Å². The molecule has 23 heteroatoms. The summed E-state index contributed by atoms with van der Waals surface area (Å²) in [5, 5.41) is 12.6. The molecule has 7 N–H and O–H groups in total. The number of hydrogen-bond donors (Lipinski definition) is 6. The van der Waals surface area contributed by atoms with Gasteiger partial charge in [-0.05, 0) is 81.7 Å². The molecule has 2 aromatic heterocycles. The number of hydrogen-bond acceptors (Lipinski definition) is 15. The van der Waals surface area contributed by atoms with Crippen molar-refractivity contribution >= 4 is 55.7 Å². The summed E-state index contributed by atoms with van der Waals surface area (Å²) in [6, 6.07) is 33.9. The molecule has 21 nitrogen and oxygen atoms in total. The Balaban J connectivity index is 1.27. The van der Waals surface area contributed by atoms with E-state index in [9.17, 15) is 24.0 Å². The Morgan fingerprint density at radius 3 is 1.16 bits per heavy atom. The van der Waals surface area contributed by atoms with Gasteiger partial charge in [0.25, 0.3) is 5.56 Å². The van der Waals surface area contributed by atoms with Crippen molar-refractivity contribution in [1.29, 1.82) is 0 Å². The van der Waals surface area contributed by atoms with Crippen LogP contribution in [0, 0.1) is 5.92 Å². The molecule has 4 aromatic carbocycles. The van der Waals surface area contributed by atoms with Crippen LogP contribution in [0.2, 0.25) is 0 Å². The van der Waals surface area contributed by atoms with Gasteiger partial charge in [-0.1, -0.05) is 121 Å². The minimum absolute atomic E-state index is 0.0346. The van der Waals surface area contributed by atoms with E-state index >= 15 is 9.13 Å². The number of aromatic amines is 1.